The highest BCUT2D eigenvalue weighted by atomic mass is 16.5. The van der Waals surface area contributed by atoms with Crippen LogP contribution in [-0.2, 0) is 13.0 Å². The standard InChI is InChI=1S/C17H28N2O2/c1-13(11-18)5-4-7-19-8-6-14-9-16(20-2)17(21-3)10-15(14)12-19/h9-10,13H,4-8,11-12,18H2,1-3H3. The second-order valence-corrected chi connectivity index (χ2v) is 5.99. The summed E-state index contributed by atoms with van der Waals surface area (Å²) in [5, 5.41) is 0. The van der Waals surface area contributed by atoms with Crippen molar-refractivity contribution < 1.29 is 9.47 Å². The molecule has 4 nitrogen and oxygen atoms in total. The van der Waals surface area contributed by atoms with Crippen molar-refractivity contribution in [3.05, 3.63) is 23.3 Å². The Morgan fingerprint density at radius 1 is 1.19 bits per heavy atom. The van der Waals surface area contributed by atoms with Gasteiger partial charge in [0.05, 0.1) is 14.2 Å². The zero-order valence-electron chi connectivity index (χ0n) is 13.5. The number of nitrogens with two attached hydrogens (primary N) is 1. The van der Waals surface area contributed by atoms with E-state index in [1.165, 1.54) is 24.0 Å². The van der Waals surface area contributed by atoms with E-state index in [0.717, 1.165) is 44.1 Å². The zero-order chi connectivity index (χ0) is 15.2. The highest BCUT2D eigenvalue weighted by Gasteiger charge is 2.19. The molecule has 0 amide bonds. The molecule has 118 valence electrons. The Hall–Kier alpha value is -1.26. The fraction of sp³-hybridized carbons (Fsp3) is 0.647. The molecule has 2 N–H and O–H groups in total. The van der Waals surface area contributed by atoms with Gasteiger partial charge in [-0.3, -0.25) is 4.90 Å². The van der Waals surface area contributed by atoms with Gasteiger partial charge in [-0.25, -0.2) is 0 Å². The number of hydrogen-bond acceptors (Lipinski definition) is 4. The van der Waals surface area contributed by atoms with Gasteiger partial charge in [0.25, 0.3) is 0 Å². The third-order valence-electron chi connectivity index (χ3n) is 4.37. The predicted molar refractivity (Wildman–Crippen MR) is 86.0 cm³/mol. The summed E-state index contributed by atoms with van der Waals surface area (Å²) in [6.07, 6.45) is 3.52. The Morgan fingerprint density at radius 2 is 1.86 bits per heavy atom. The molecule has 1 aromatic rings. The minimum Gasteiger partial charge on any atom is -0.493 e. The van der Waals surface area contributed by atoms with E-state index in [9.17, 15) is 0 Å². The van der Waals surface area contributed by atoms with Crippen LogP contribution in [0.3, 0.4) is 0 Å². The van der Waals surface area contributed by atoms with Crippen LogP contribution in [0.15, 0.2) is 12.1 Å². The number of fused-ring (bicyclic) bond motifs is 1. The lowest BCUT2D eigenvalue weighted by atomic mass is 9.98. The summed E-state index contributed by atoms with van der Waals surface area (Å²) in [6.45, 7) is 6.30. The molecule has 0 fully saturated rings. The second kappa shape index (κ2) is 7.66. The van der Waals surface area contributed by atoms with Gasteiger partial charge in [-0.2, -0.15) is 0 Å². The number of hydrogen-bond donors (Lipinski definition) is 1. The SMILES string of the molecule is COc1cc2c(cc1OC)CN(CCCC(C)CN)CC2. The molecule has 1 unspecified atom stereocenters. The summed E-state index contributed by atoms with van der Waals surface area (Å²) in [7, 11) is 3.39. The third kappa shape index (κ3) is 4.11. The summed E-state index contributed by atoms with van der Waals surface area (Å²) in [5.41, 5.74) is 8.43. The van der Waals surface area contributed by atoms with Crippen molar-refractivity contribution in [2.45, 2.75) is 32.7 Å². The predicted octanol–water partition coefficient (Wildman–Crippen LogP) is 2.44. The Labute approximate surface area is 128 Å². The Balaban J connectivity index is 1.96. The van der Waals surface area contributed by atoms with Gasteiger partial charge in [-0.15, -0.1) is 0 Å². The van der Waals surface area contributed by atoms with Crippen molar-refractivity contribution in [2.24, 2.45) is 11.7 Å². The summed E-state index contributed by atoms with van der Waals surface area (Å²) in [4.78, 5) is 2.53. The van der Waals surface area contributed by atoms with Gasteiger partial charge in [0.2, 0.25) is 0 Å². The van der Waals surface area contributed by atoms with Crippen molar-refractivity contribution in [1.29, 1.82) is 0 Å². The second-order valence-electron chi connectivity index (χ2n) is 5.99. The molecule has 0 bridgehead atoms. The van der Waals surface area contributed by atoms with Crippen molar-refractivity contribution in [2.75, 3.05) is 33.9 Å². The van der Waals surface area contributed by atoms with Crippen molar-refractivity contribution >= 4 is 0 Å². The molecule has 1 aromatic carbocycles. The van der Waals surface area contributed by atoms with E-state index in [0.29, 0.717) is 5.92 Å². The van der Waals surface area contributed by atoms with E-state index in [4.69, 9.17) is 15.2 Å². The minimum absolute atomic E-state index is 0.631. The number of nitrogens with zero attached hydrogens (tertiary/aromatic N) is 1. The molecule has 1 heterocycles. The van der Waals surface area contributed by atoms with Gasteiger partial charge in [0, 0.05) is 13.1 Å². The van der Waals surface area contributed by atoms with Crippen LogP contribution in [0.4, 0.5) is 0 Å². The molecule has 1 atom stereocenters. The number of benzene rings is 1. The average molecular weight is 292 g/mol. The fourth-order valence-corrected chi connectivity index (χ4v) is 2.91. The van der Waals surface area contributed by atoms with E-state index in [1.807, 2.05) is 0 Å². The maximum Gasteiger partial charge on any atom is 0.161 e. The van der Waals surface area contributed by atoms with Crippen LogP contribution in [0.25, 0.3) is 0 Å². The van der Waals surface area contributed by atoms with Gasteiger partial charge in [0.1, 0.15) is 0 Å². The lowest BCUT2D eigenvalue weighted by Crippen LogP contribution is -2.31. The van der Waals surface area contributed by atoms with Crippen LogP contribution in [0.1, 0.15) is 30.9 Å². The van der Waals surface area contributed by atoms with Crippen molar-refractivity contribution in [3.8, 4) is 11.5 Å². The van der Waals surface area contributed by atoms with Gasteiger partial charge >= 0.3 is 0 Å². The summed E-state index contributed by atoms with van der Waals surface area (Å²) in [5.74, 6) is 2.29. The minimum atomic E-state index is 0.631. The number of ether oxygens (including phenoxy) is 2. The van der Waals surface area contributed by atoms with Crippen LogP contribution in [-0.4, -0.2) is 38.8 Å². The molecule has 0 spiro atoms. The molecule has 0 aromatic heterocycles. The van der Waals surface area contributed by atoms with Crippen molar-refractivity contribution in [3.63, 3.8) is 0 Å². The van der Waals surface area contributed by atoms with Gasteiger partial charge < -0.3 is 15.2 Å². The summed E-state index contributed by atoms with van der Waals surface area (Å²) < 4.78 is 10.8. The van der Waals surface area contributed by atoms with Gasteiger partial charge in [-0.05, 0) is 61.5 Å². The molecule has 1 aliphatic rings. The van der Waals surface area contributed by atoms with E-state index in [-0.39, 0.29) is 0 Å². The smallest absolute Gasteiger partial charge is 0.161 e. The maximum absolute atomic E-state index is 5.67. The topological polar surface area (TPSA) is 47.7 Å². The van der Waals surface area contributed by atoms with E-state index >= 15 is 0 Å². The molecule has 2 rings (SSSR count). The first-order valence-electron chi connectivity index (χ1n) is 7.84. The zero-order valence-corrected chi connectivity index (χ0v) is 13.5. The molecular weight excluding hydrogens is 264 g/mol. The number of methoxy groups -OCH3 is 2. The van der Waals surface area contributed by atoms with Crippen molar-refractivity contribution in [1.82, 2.24) is 4.90 Å². The van der Waals surface area contributed by atoms with E-state index in [1.54, 1.807) is 14.2 Å². The molecule has 4 heteroatoms. The van der Waals surface area contributed by atoms with E-state index < -0.39 is 0 Å². The molecule has 1 aliphatic heterocycles. The lowest BCUT2D eigenvalue weighted by Gasteiger charge is -2.29. The lowest BCUT2D eigenvalue weighted by molar-refractivity contribution is 0.242. The molecule has 0 saturated heterocycles. The fourth-order valence-electron chi connectivity index (χ4n) is 2.91. The van der Waals surface area contributed by atoms with Crippen LogP contribution in [0.5, 0.6) is 11.5 Å². The molecule has 0 saturated carbocycles. The van der Waals surface area contributed by atoms with Crippen LogP contribution >= 0.6 is 0 Å². The highest BCUT2D eigenvalue weighted by Crippen LogP contribution is 2.33. The van der Waals surface area contributed by atoms with Gasteiger partial charge in [-0.1, -0.05) is 6.92 Å². The normalized spacial score (nSPS) is 16.4. The first-order chi connectivity index (χ1) is 10.2. The Morgan fingerprint density at radius 3 is 2.48 bits per heavy atom. The van der Waals surface area contributed by atoms with Crippen LogP contribution in [0.2, 0.25) is 0 Å². The summed E-state index contributed by atoms with van der Waals surface area (Å²) in [6, 6.07) is 4.25. The third-order valence-corrected chi connectivity index (χ3v) is 4.37. The summed E-state index contributed by atoms with van der Waals surface area (Å²) >= 11 is 0. The van der Waals surface area contributed by atoms with Crippen LogP contribution < -0.4 is 15.2 Å². The monoisotopic (exact) mass is 292 g/mol. The quantitative estimate of drug-likeness (QED) is 0.838. The molecule has 0 radical (unpaired) electrons. The Kier molecular flexibility index (Phi) is 5.88. The largest absolute Gasteiger partial charge is 0.493 e. The van der Waals surface area contributed by atoms with E-state index in [2.05, 4.69) is 24.0 Å². The van der Waals surface area contributed by atoms with Gasteiger partial charge in [0.15, 0.2) is 11.5 Å². The number of rotatable bonds is 7. The van der Waals surface area contributed by atoms with Crippen LogP contribution in [0, 0.1) is 5.92 Å². The molecule has 21 heavy (non-hydrogen) atoms. The first-order valence-corrected chi connectivity index (χ1v) is 7.84. The molecular formula is C17H28N2O2. The Bertz CT molecular complexity index is 462. The highest BCUT2D eigenvalue weighted by molar-refractivity contribution is 5.48. The molecule has 0 aliphatic carbocycles. The maximum atomic E-state index is 5.67. The first kappa shape index (κ1) is 16.1. The average Bonchev–Trinajstić information content (AvgIpc) is 2.53.